The van der Waals surface area contributed by atoms with E-state index in [1.54, 1.807) is 13.8 Å². The van der Waals surface area contributed by atoms with Crippen LogP contribution in [0.5, 0.6) is 0 Å². The third-order valence-electron chi connectivity index (χ3n) is 1.87. The molecule has 0 saturated heterocycles. The molecule has 0 amide bonds. The van der Waals surface area contributed by atoms with Gasteiger partial charge in [0.25, 0.3) is 0 Å². The molecule has 0 aliphatic heterocycles. The molecule has 0 aliphatic carbocycles. The number of carbonyl (C=O) groups excluding carboxylic acids is 1. The van der Waals surface area contributed by atoms with Crippen LogP contribution in [0.25, 0.3) is 0 Å². The quantitative estimate of drug-likeness (QED) is 0.520. The molecule has 4 heteroatoms. The highest BCUT2D eigenvalue weighted by Gasteiger charge is 2.24. The van der Waals surface area contributed by atoms with E-state index in [-0.39, 0.29) is 18.9 Å². The van der Waals surface area contributed by atoms with Crippen LogP contribution >= 0.6 is 0 Å². The number of hydrogen-bond acceptors (Lipinski definition) is 3. The van der Waals surface area contributed by atoms with Crippen LogP contribution in [0.4, 0.5) is 0 Å². The molecule has 0 aromatic rings. The van der Waals surface area contributed by atoms with Gasteiger partial charge in [0.2, 0.25) is 0 Å². The lowest BCUT2D eigenvalue weighted by Gasteiger charge is -2.14. The standard InChI is InChI=1S/C10H16O4/c1-4-5-14-9(11)6-8(7(2)3)10(12)13/h4,7-8H,1,5-6H2,2-3H3,(H,12,13)/t8-/m0/s1. The number of rotatable bonds is 6. The van der Waals surface area contributed by atoms with Crippen molar-refractivity contribution in [2.75, 3.05) is 6.61 Å². The Labute approximate surface area is 83.6 Å². The minimum Gasteiger partial charge on any atom is -0.481 e. The van der Waals surface area contributed by atoms with Crippen LogP contribution in [-0.4, -0.2) is 23.7 Å². The molecule has 0 aromatic carbocycles. The lowest BCUT2D eigenvalue weighted by atomic mass is 9.93. The molecule has 0 saturated carbocycles. The fourth-order valence-electron chi connectivity index (χ4n) is 0.999. The molecule has 0 aromatic heterocycles. The summed E-state index contributed by atoms with van der Waals surface area (Å²) in [4.78, 5) is 21.8. The Bertz CT molecular complexity index is 220. The van der Waals surface area contributed by atoms with E-state index >= 15 is 0 Å². The van der Waals surface area contributed by atoms with E-state index in [0.717, 1.165) is 0 Å². The van der Waals surface area contributed by atoms with Gasteiger partial charge < -0.3 is 9.84 Å². The van der Waals surface area contributed by atoms with Crippen LogP contribution in [0.1, 0.15) is 20.3 Å². The summed E-state index contributed by atoms with van der Waals surface area (Å²) in [5.41, 5.74) is 0. The van der Waals surface area contributed by atoms with Gasteiger partial charge in [0.15, 0.2) is 0 Å². The van der Waals surface area contributed by atoms with Gasteiger partial charge in [-0.15, -0.1) is 0 Å². The molecule has 80 valence electrons. The number of carboxylic acids is 1. The zero-order chi connectivity index (χ0) is 11.1. The number of carbonyl (C=O) groups is 2. The van der Waals surface area contributed by atoms with E-state index in [2.05, 4.69) is 6.58 Å². The van der Waals surface area contributed by atoms with Crippen molar-refractivity contribution in [3.8, 4) is 0 Å². The maximum absolute atomic E-state index is 11.1. The summed E-state index contributed by atoms with van der Waals surface area (Å²) in [6.07, 6.45) is 1.36. The molecule has 0 unspecified atom stereocenters. The molecule has 4 nitrogen and oxygen atoms in total. The largest absolute Gasteiger partial charge is 0.481 e. The highest BCUT2D eigenvalue weighted by molar-refractivity contribution is 5.78. The monoisotopic (exact) mass is 200 g/mol. The first-order chi connectivity index (χ1) is 6.49. The first kappa shape index (κ1) is 12.7. The van der Waals surface area contributed by atoms with Gasteiger partial charge in [-0.3, -0.25) is 9.59 Å². The summed E-state index contributed by atoms with van der Waals surface area (Å²) < 4.78 is 4.70. The van der Waals surface area contributed by atoms with Crippen molar-refractivity contribution in [2.24, 2.45) is 11.8 Å². The van der Waals surface area contributed by atoms with Crippen molar-refractivity contribution in [1.82, 2.24) is 0 Å². The number of carboxylic acid groups (broad SMARTS) is 1. The first-order valence-corrected chi connectivity index (χ1v) is 4.48. The average molecular weight is 200 g/mol. The van der Waals surface area contributed by atoms with E-state index in [0.29, 0.717) is 0 Å². The summed E-state index contributed by atoms with van der Waals surface area (Å²) in [6.45, 7) is 7.04. The zero-order valence-electron chi connectivity index (χ0n) is 8.53. The van der Waals surface area contributed by atoms with E-state index in [4.69, 9.17) is 9.84 Å². The summed E-state index contributed by atoms with van der Waals surface area (Å²) >= 11 is 0. The van der Waals surface area contributed by atoms with Crippen molar-refractivity contribution >= 4 is 11.9 Å². The van der Waals surface area contributed by atoms with Crippen LogP contribution < -0.4 is 0 Å². The van der Waals surface area contributed by atoms with Crippen molar-refractivity contribution in [3.63, 3.8) is 0 Å². The Morgan fingerprint density at radius 1 is 1.50 bits per heavy atom. The summed E-state index contributed by atoms with van der Waals surface area (Å²) in [7, 11) is 0. The predicted molar refractivity (Wildman–Crippen MR) is 51.7 cm³/mol. The van der Waals surface area contributed by atoms with Crippen LogP contribution in [0.15, 0.2) is 12.7 Å². The zero-order valence-corrected chi connectivity index (χ0v) is 8.53. The molecule has 0 rings (SSSR count). The first-order valence-electron chi connectivity index (χ1n) is 4.48. The van der Waals surface area contributed by atoms with Gasteiger partial charge in [-0.05, 0) is 5.92 Å². The molecule has 0 aliphatic rings. The van der Waals surface area contributed by atoms with Crippen molar-refractivity contribution < 1.29 is 19.4 Å². The van der Waals surface area contributed by atoms with Crippen molar-refractivity contribution in [1.29, 1.82) is 0 Å². The minimum absolute atomic E-state index is 0.0798. The third kappa shape index (κ3) is 4.64. The van der Waals surface area contributed by atoms with E-state index in [1.165, 1.54) is 6.08 Å². The second-order valence-electron chi connectivity index (χ2n) is 3.36. The Balaban J connectivity index is 4.09. The number of aliphatic carboxylic acids is 1. The Morgan fingerprint density at radius 3 is 2.43 bits per heavy atom. The lowest BCUT2D eigenvalue weighted by molar-refractivity contribution is -0.152. The van der Waals surface area contributed by atoms with Gasteiger partial charge in [-0.1, -0.05) is 26.5 Å². The molecule has 0 bridgehead atoms. The predicted octanol–water partition coefficient (Wildman–Crippen LogP) is 1.46. The van der Waals surface area contributed by atoms with Gasteiger partial charge >= 0.3 is 11.9 Å². The van der Waals surface area contributed by atoms with E-state index in [9.17, 15) is 9.59 Å². The van der Waals surface area contributed by atoms with Gasteiger partial charge in [0, 0.05) is 0 Å². The van der Waals surface area contributed by atoms with Crippen molar-refractivity contribution in [3.05, 3.63) is 12.7 Å². The van der Waals surface area contributed by atoms with Crippen LogP contribution in [0, 0.1) is 11.8 Å². The second-order valence-corrected chi connectivity index (χ2v) is 3.36. The minimum atomic E-state index is -0.962. The summed E-state index contributed by atoms with van der Waals surface area (Å²) in [6, 6.07) is 0. The topological polar surface area (TPSA) is 63.6 Å². The van der Waals surface area contributed by atoms with E-state index < -0.39 is 17.9 Å². The molecule has 0 fully saturated rings. The van der Waals surface area contributed by atoms with Crippen LogP contribution in [0.3, 0.4) is 0 Å². The highest BCUT2D eigenvalue weighted by atomic mass is 16.5. The Kier molecular flexibility index (Phi) is 5.60. The Hall–Kier alpha value is -1.32. The maximum atomic E-state index is 11.1. The molecule has 0 heterocycles. The molecule has 1 atom stereocenters. The molecular weight excluding hydrogens is 184 g/mol. The highest BCUT2D eigenvalue weighted by Crippen LogP contribution is 2.15. The summed E-state index contributed by atoms with van der Waals surface area (Å²) in [5, 5.41) is 8.79. The molecule has 0 spiro atoms. The fourth-order valence-corrected chi connectivity index (χ4v) is 0.999. The van der Waals surface area contributed by atoms with E-state index in [1.807, 2.05) is 0 Å². The van der Waals surface area contributed by atoms with Gasteiger partial charge in [0.1, 0.15) is 6.61 Å². The molecule has 0 radical (unpaired) electrons. The fraction of sp³-hybridized carbons (Fsp3) is 0.600. The smallest absolute Gasteiger partial charge is 0.307 e. The van der Waals surface area contributed by atoms with Gasteiger partial charge in [-0.2, -0.15) is 0 Å². The van der Waals surface area contributed by atoms with Gasteiger partial charge in [-0.25, -0.2) is 0 Å². The number of hydrogen-bond donors (Lipinski definition) is 1. The lowest BCUT2D eigenvalue weighted by Crippen LogP contribution is -2.24. The molecule has 1 N–H and O–H groups in total. The number of ether oxygens (including phenoxy) is 1. The maximum Gasteiger partial charge on any atom is 0.307 e. The molecular formula is C10H16O4. The van der Waals surface area contributed by atoms with Crippen LogP contribution in [-0.2, 0) is 14.3 Å². The van der Waals surface area contributed by atoms with Crippen molar-refractivity contribution in [2.45, 2.75) is 20.3 Å². The van der Waals surface area contributed by atoms with Crippen LogP contribution in [0.2, 0.25) is 0 Å². The number of esters is 1. The molecule has 14 heavy (non-hydrogen) atoms. The SMILES string of the molecule is C=CCOC(=O)C[C@H](C(=O)O)C(C)C. The Morgan fingerprint density at radius 2 is 2.07 bits per heavy atom. The van der Waals surface area contributed by atoms with Gasteiger partial charge in [0.05, 0.1) is 12.3 Å². The normalized spacial score (nSPS) is 12.2. The third-order valence-corrected chi connectivity index (χ3v) is 1.87. The summed E-state index contributed by atoms with van der Waals surface area (Å²) in [5.74, 6) is -2.21. The average Bonchev–Trinajstić information content (AvgIpc) is 2.09. The second kappa shape index (κ2) is 6.18.